The lowest BCUT2D eigenvalue weighted by atomic mass is 10.4. The van der Waals surface area contributed by atoms with Gasteiger partial charge in [0.25, 0.3) is 5.91 Å². The van der Waals surface area contributed by atoms with Gasteiger partial charge in [-0.25, -0.2) is 4.68 Å². The average molecular weight is 265 g/mol. The molecule has 0 aliphatic rings. The minimum Gasteiger partial charge on any atom is -0.350 e. The second kappa shape index (κ2) is 5.63. The first-order chi connectivity index (χ1) is 8.28. The van der Waals surface area contributed by atoms with Crippen LogP contribution in [0.25, 0.3) is 0 Å². The van der Waals surface area contributed by atoms with Crippen LogP contribution in [0.2, 0.25) is 0 Å². The molecule has 6 nitrogen and oxygen atoms in total. The largest absolute Gasteiger partial charge is 0.411 e. The van der Waals surface area contributed by atoms with E-state index in [2.05, 4.69) is 15.2 Å². The van der Waals surface area contributed by atoms with Crippen LogP contribution in [0.5, 0.6) is 0 Å². The number of ether oxygens (including phenoxy) is 1. The average Bonchev–Trinajstić information content (AvgIpc) is 2.63. The number of rotatable bonds is 5. The number of nitrogens with one attached hydrogen (secondary N) is 1. The molecule has 0 saturated heterocycles. The van der Waals surface area contributed by atoms with Gasteiger partial charge in [0, 0.05) is 6.92 Å². The second-order valence-electron chi connectivity index (χ2n) is 3.37. The number of Topliss-reactive ketones (excluding diaryl/α,β-unsaturated/α-hetero) is 1. The molecule has 100 valence electrons. The molecule has 0 fully saturated rings. The summed E-state index contributed by atoms with van der Waals surface area (Å²) in [5, 5.41) is 5.87. The summed E-state index contributed by atoms with van der Waals surface area (Å²) in [6.07, 6.45) is -1.96. The zero-order valence-corrected chi connectivity index (χ0v) is 9.32. The van der Waals surface area contributed by atoms with E-state index in [4.69, 9.17) is 0 Å². The summed E-state index contributed by atoms with van der Waals surface area (Å²) in [5.41, 5.74) is 0.200. The SMILES string of the molecule is CC(=O)C(=O)Nc1cnn(COCC(F)(F)F)c1. The summed E-state index contributed by atoms with van der Waals surface area (Å²) >= 11 is 0. The standard InChI is InChI=1S/C9H10F3N3O3/c1-6(16)8(17)14-7-2-13-15(3-7)5-18-4-9(10,11)12/h2-3H,4-5H2,1H3,(H,14,17). The Hall–Kier alpha value is -1.90. The molecule has 1 N–H and O–H groups in total. The summed E-state index contributed by atoms with van der Waals surface area (Å²) < 4.78 is 40.7. The quantitative estimate of drug-likeness (QED) is 0.804. The second-order valence-corrected chi connectivity index (χ2v) is 3.37. The zero-order chi connectivity index (χ0) is 13.8. The number of amides is 1. The van der Waals surface area contributed by atoms with E-state index in [1.807, 2.05) is 0 Å². The number of nitrogens with zero attached hydrogens (tertiary/aromatic N) is 2. The topological polar surface area (TPSA) is 73.2 Å². The summed E-state index contributed by atoms with van der Waals surface area (Å²) in [7, 11) is 0. The van der Waals surface area contributed by atoms with E-state index in [1.54, 1.807) is 0 Å². The van der Waals surface area contributed by atoms with Crippen LogP contribution in [0.4, 0.5) is 18.9 Å². The maximum atomic E-state index is 11.8. The number of halogens is 3. The van der Waals surface area contributed by atoms with Crippen LogP contribution in [0.3, 0.4) is 0 Å². The Bertz CT molecular complexity index is 442. The van der Waals surface area contributed by atoms with Gasteiger partial charge in [-0.3, -0.25) is 9.59 Å². The molecule has 0 aliphatic carbocycles. The lowest BCUT2D eigenvalue weighted by molar-refractivity contribution is -0.182. The fourth-order valence-electron chi connectivity index (χ4n) is 0.973. The van der Waals surface area contributed by atoms with Crippen LogP contribution in [-0.4, -0.2) is 34.3 Å². The van der Waals surface area contributed by atoms with Crippen molar-refractivity contribution in [2.45, 2.75) is 19.8 Å². The minimum absolute atomic E-state index is 0.200. The van der Waals surface area contributed by atoms with E-state index in [0.717, 1.165) is 11.6 Å². The molecular formula is C9H10F3N3O3. The van der Waals surface area contributed by atoms with Gasteiger partial charge in [0.05, 0.1) is 18.1 Å². The van der Waals surface area contributed by atoms with Gasteiger partial charge in [-0.15, -0.1) is 0 Å². The van der Waals surface area contributed by atoms with Crippen LogP contribution in [0, 0.1) is 0 Å². The first-order valence-electron chi connectivity index (χ1n) is 4.77. The van der Waals surface area contributed by atoms with Gasteiger partial charge in [0.15, 0.2) is 0 Å². The van der Waals surface area contributed by atoms with Crippen LogP contribution in [0.15, 0.2) is 12.4 Å². The summed E-state index contributed by atoms with van der Waals surface area (Å²) in [6.45, 7) is -0.705. The van der Waals surface area contributed by atoms with Gasteiger partial charge < -0.3 is 10.1 Å². The molecule has 0 aromatic carbocycles. The number of aromatic nitrogens is 2. The molecule has 9 heteroatoms. The lowest BCUT2D eigenvalue weighted by Crippen LogP contribution is -2.19. The lowest BCUT2D eigenvalue weighted by Gasteiger charge is -2.07. The molecule has 1 aromatic rings. The highest BCUT2D eigenvalue weighted by Crippen LogP contribution is 2.14. The Labute approximate surface area is 99.7 Å². The smallest absolute Gasteiger partial charge is 0.350 e. The number of carbonyl (C=O) groups is 2. The normalized spacial score (nSPS) is 11.3. The number of ketones is 1. The highest BCUT2D eigenvalue weighted by Gasteiger charge is 2.27. The van der Waals surface area contributed by atoms with Crippen LogP contribution < -0.4 is 5.32 Å². The maximum absolute atomic E-state index is 11.8. The van der Waals surface area contributed by atoms with E-state index in [-0.39, 0.29) is 5.69 Å². The zero-order valence-electron chi connectivity index (χ0n) is 9.32. The maximum Gasteiger partial charge on any atom is 0.411 e. The fourth-order valence-corrected chi connectivity index (χ4v) is 0.973. The van der Waals surface area contributed by atoms with Crippen molar-refractivity contribution in [1.29, 1.82) is 0 Å². The van der Waals surface area contributed by atoms with Crippen LogP contribution in [-0.2, 0) is 21.1 Å². The highest BCUT2D eigenvalue weighted by atomic mass is 19.4. The van der Waals surface area contributed by atoms with E-state index in [0.29, 0.717) is 0 Å². The number of carbonyl (C=O) groups excluding carboxylic acids is 2. The van der Waals surface area contributed by atoms with Crippen molar-refractivity contribution in [2.75, 3.05) is 11.9 Å². The third kappa shape index (κ3) is 4.95. The number of hydrogen-bond donors (Lipinski definition) is 1. The third-order valence-electron chi connectivity index (χ3n) is 1.70. The van der Waals surface area contributed by atoms with Crippen molar-refractivity contribution in [3.63, 3.8) is 0 Å². The van der Waals surface area contributed by atoms with Gasteiger partial charge in [-0.1, -0.05) is 0 Å². The molecule has 0 aliphatic heterocycles. The predicted octanol–water partition coefficient (Wildman–Crippen LogP) is 0.947. The van der Waals surface area contributed by atoms with Crippen LogP contribution >= 0.6 is 0 Å². The van der Waals surface area contributed by atoms with Gasteiger partial charge in [-0.2, -0.15) is 18.3 Å². The molecule has 0 spiro atoms. The molecule has 0 unspecified atom stereocenters. The van der Waals surface area contributed by atoms with Crippen molar-refractivity contribution in [3.8, 4) is 0 Å². The Balaban J connectivity index is 2.44. The number of alkyl halides is 3. The Morgan fingerprint density at radius 1 is 1.50 bits per heavy atom. The summed E-state index contributed by atoms with van der Waals surface area (Å²) in [5.74, 6) is -1.51. The van der Waals surface area contributed by atoms with Crippen molar-refractivity contribution < 1.29 is 27.5 Å². The Morgan fingerprint density at radius 3 is 2.72 bits per heavy atom. The molecule has 1 rings (SSSR count). The molecule has 0 radical (unpaired) electrons. The first kappa shape index (κ1) is 14.2. The molecule has 1 amide bonds. The third-order valence-corrected chi connectivity index (χ3v) is 1.70. The monoisotopic (exact) mass is 265 g/mol. The van der Waals surface area contributed by atoms with Gasteiger partial charge >= 0.3 is 6.18 Å². The minimum atomic E-state index is -4.40. The Kier molecular flexibility index (Phi) is 4.43. The summed E-state index contributed by atoms with van der Waals surface area (Å²) in [6, 6.07) is 0. The van der Waals surface area contributed by atoms with Gasteiger partial charge in [0.1, 0.15) is 13.3 Å². The number of hydrogen-bond acceptors (Lipinski definition) is 4. The van der Waals surface area contributed by atoms with Gasteiger partial charge in [0.2, 0.25) is 5.78 Å². The van der Waals surface area contributed by atoms with Crippen molar-refractivity contribution in [2.24, 2.45) is 0 Å². The molecular weight excluding hydrogens is 255 g/mol. The van der Waals surface area contributed by atoms with E-state index in [1.165, 1.54) is 12.4 Å². The van der Waals surface area contributed by atoms with Crippen molar-refractivity contribution >= 4 is 17.4 Å². The first-order valence-corrected chi connectivity index (χ1v) is 4.77. The highest BCUT2D eigenvalue weighted by molar-refractivity contribution is 6.39. The number of anilines is 1. The van der Waals surface area contributed by atoms with Crippen molar-refractivity contribution in [3.05, 3.63) is 12.4 Å². The predicted molar refractivity (Wildman–Crippen MR) is 53.5 cm³/mol. The molecule has 0 atom stereocenters. The van der Waals surface area contributed by atoms with E-state index < -0.39 is 31.2 Å². The van der Waals surface area contributed by atoms with E-state index in [9.17, 15) is 22.8 Å². The molecule has 18 heavy (non-hydrogen) atoms. The van der Waals surface area contributed by atoms with Crippen LogP contribution in [0.1, 0.15) is 6.92 Å². The Morgan fingerprint density at radius 2 is 2.17 bits per heavy atom. The van der Waals surface area contributed by atoms with E-state index >= 15 is 0 Å². The fraction of sp³-hybridized carbons (Fsp3) is 0.444. The summed E-state index contributed by atoms with van der Waals surface area (Å²) in [4.78, 5) is 21.6. The van der Waals surface area contributed by atoms with Gasteiger partial charge in [-0.05, 0) is 0 Å². The van der Waals surface area contributed by atoms with Crippen molar-refractivity contribution in [1.82, 2.24) is 9.78 Å². The molecule has 1 aromatic heterocycles. The molecule has 1 heterocycles. The molecule has 0 bridgehead atoms. The molecule has 0 saturated carbocycles.